The van der Waals surface area contributed by atoms with Crippen LogP contribution in [0, 0.1) is 6.92 Å². The third-order valence-electron chi connectivity index (χ3n) is 1.99. The highest BCUT2D eigenvalue weighted by Crippen LogP contribution is 2.37. The van der Waals surface area contributed by atoms with Crippen molar-refractivity contribution in [2.75, 3.05) is 24.0 Å². The standard InChI is InChI=1S/C9H14N2S2/c1-5-8(11)6(10)4-7(12-2)9(5)13-3/h4H,10-11H2,1-3H3. The number of hydrogen-bond donors (Lipinski definition) is 2. The highest BCUT2D eigenvalue weighted by Gasteiger charge is 2.09. The molecule has 0 aliphatic heterocycles. The number of benzene rings is 1. The van der Waals surface area contributed by atoms with Gasteiger partial charge in [0.1, 0.15) is 0 Å². The van der Waals surface area contributed by atoms with Gasteiger partial charge in [0, 0.05) is 9.79 Å². The minimum atomic E-state index is 0.680. The van der Waals surface area contributed by atoms with Crippen molar-refractivity contribution < 1.29 is 0 Å². The molecule has 0 fully saturated rings. The summed E-state index contributed by atoms with van der Waals surface area (Å²) in [7, 11) is 0. The van der Waals surface area contributed by atoms with E-state index in [1.165, 1.54) is 9.79 Å². The summed E-state index contributed by atoms with van der Waals surface area (Å²) in [6, 6.07) is 1.94. The zero-order valence-corrected chi connectivity index (χ0v) is 9.68. The molecule has 0 aliphatic rings. The molecule has 0 amide bonds. The lowest BCUT2D eigenvalue weighted by atomic mass is 10.2. The monoisotopic (exact) mass is 214 g/mol. The second-order valence-corrected chi connectivity index (χ2v) is 4.40. The maximum Gasteiger partial charge on any atom is 0.0589 e. The third kappa shape index (κ3) is 1.89. The average molecular weight is 214 g/mol. The molecule has 0 heterocycles. The summed E-state index contributed by atoms with van der Waals surface area (Å²) in [5, 5.41) is 0. The fourth-order valence-corrected chi connectivity index (χ4v) is 2.97. The summed E-state index contributed by atoms with van der Waals surface area (Å²) >= 11 is 3.41. The van der Waals surface area contributed by atoms with E-state index in [-0.39, 0.29) is 0 Å². The van der Waals surface area contributed by atoms with Gasteiger partial charge in [0.25, 0.3) is 0 Å². The predicted molar refractivity (Wildman–Crippen MR) is 63.6 cm³/mol. The summed E-state index contributed by atoms with van der Waals surface area (Å²) in [4.78, 5) is 2.44. The van der Waals surface area contributed by atoms with E-state index in [9.17, 15) is 0 Å². The van der Waals surface area contributed by atoms with Crippen LogP contribution < -0.4 is 11.5 Å². The van der Waals surface area contributed by atoms with Gasteiger partial charge in [-0.1, -0.05) is 0 Å². The molecular formula is C9H14N2S2. The molecule has 0 bridgehead atoms. The quantitative estimate of drug-likeness (QED) is 0.587. The van der Waals surface area contributed by atoms with Gasteiger partial charge in [-0.3, -0.25) is 0 Å². The van der Waals surface area contributed by atoms with Gasteiger partial charge in [0.05, 0.1) is 11.4 Å². The van der Waals surface area contributed by atoms with Crippen molar-refractivity contribution in [1.82, 2.24) is 0 Å². The van der Waals surface area contributed by atoms with Crippen LogP contribution in [0.2, 0.25) is 0 Å². The molecule has 0 aromatic heterocycles. The molecular weight excluding hydrogens is 200 g/mol. The molecule has 1 rings (SSSR count). The topological polar surface area (TPSA) is 52.0 Å². The second-order valence-electron chi connectivity index (χ2n) is 2.74. The van der Waals surface area contributed by atoms with Gasteiger partial charge < -0.3 is 11.5 Å². The molecule has 2 nitrogen and oxygen atoms in total. The maximum absolute atomic E-state index is 5.83. The SMILES string of the molecule is CSc1cc(N)c(N)c(C)c1SC. The normalized spacial score (nSPS) is 10.4. The summed E-state index contributed by atoms with van der Waals surface area (Å²) in [5.41, 5.74) is 14.1. The first kappa shape index (κ1) is 10.6. The van der Waals surface area contributed by atoms with Crippen molar-refractivity contribution >= 4 is 34.9 Å². The number of nitrogens with two attached hydrogens (primary N) is 2. The van der Waals surface area contributed by atoms with Gasteiger partial charge in [-0.25, -0.2) is 0 Å². The molecule has 0 unspecified atom stereocenters. The summed E-state index contributed by atoms with van der Waals surface area (Å²) in [6.07, 6.45) is 4.10. The van der Waals surface area contributed by atoms with E-state index in [1.807, 2.05) is 19.2 Å². The first-order chi connectivity index (χ1) is 6.11. The average Bonchev–Trinajstić information content (AvgIpc) is 2.13. The van der Waals surface area contributed by atoms with Gasteiger partial charge in [-0.2, -0.15) is 0 Å². The lowest BCUT2D eigenvalue weighted by Crippen LogP contribution is -1.99. The highest BCUT2D eigenvalue weighted by molar-refractivity contribution is 8.01. The van der Waals surface area contributed by atoms with E-state index in [1.54, 1.807) is 23.5 Å². The summed E-state index contributed by atoms with van der Waals surface area (Å²) < 4.78 is 0. The van der Waals surface area contributed by atoms with Crippen LogP contribution in [-0.4, -0.2) is 12.5 Å². The molecule has 4 heteroatoms. The van der Waals surface area contributed by atoms with Gasteiger partial charge >= 0.3 is 0 Å². The minimum Gasteiger partial charge on any atom is -0.397 e. The Bertz CT molecular complexity index is 324. The van der Waals surface area contributed by atoms with Gasteiger partial charge in [0.15, 0.2) is 0 Å². The van der Waals surface area contributed by atoms with Gasteiger partial charge in [-0.15, -0.1) is 23.5 Å². The molecule has 1 aromatic rings. The number of hydrogen-bond acceptors (Lipinski definition) is 4. The Labute approximate surface area is 87.5 Å². The van der Waals surface area contributed by atoms with E-state index in [0.29, 0.717) is 11.4 Å². The van der Waals surface area contributed by atoms with Crippen LogP contribution in [0.3, 0.4) is 0 Å². The fourth-order valence-electron chi connectivity index (χ4n) is 1.21. The van der Waals surface area contributed by atoms with Crippen LogP contribution in [0.25, 0.3) is 0 Å². The van der Waals surface area contributed by atoms with Crippen LogP contribution in [0.5, 0.6) is 0 Å². The molecule has 0 radical (unpaired) electrons. The number of nitrogen functional groups attached to an aromatic ring is 2. The van der Waals surface area contributed by atoms with E-state index < -0.39 is 0 Å². The van der Waals surface area contributed by atoms with Gasteiger partial charge in [0.2, 0.25) is 0 Å². The molecule has 1 aromatic carbocycles. The lowest BCUT2D eigenvalue weighted by molar-refractivity contribution is 1.18. The van der Waals surface area contributed by atoms with Crippen LogP contribution in [0.1, 0.15) is 5.56 Å². The Morgan fingerprint density at radius 3 is 2.23 bits per heavy atom. The zero-order valence-electron chi connectivity index (χ0n) is 8.05. The van der Waals surface area contributed by atoms with E-state index in [0.717, 1.165) is 5.56 Å². The van der Waals surface area contributed by atoms with Crippen molar-refractivity contribution in [1.29, 1.82) is 0 Å². The Morgan fingerprint density at radius 2 is 1.77 bits per heavy atom. The largest absolute Gasteiger partial charge is 0.397 e. The van der Waals surface area contributed by atoms with Gasteiger partial charge in [-0.05, 0) is 31.1 Å². The Kier molecular flexibility index (Phi) is 3.39. The van der Waals surface area contributed by atoms with Crippen LogP contribution in [0.15, 0.2) is 15.9 Å². The molecule has 0 spiro atoms. The van der Waals surface area contributed by atoms with E-state index in [4.69, 9.17) is 11.5 Å². The first-order valence-electron chi connectivity index (χ1n) is 3.88. The molecule has 4 N–H and O–H groups in total. The van der Waals surface area contributed by atoms with E-state index in [2.05, 4.69) is 6.26 Å². The van der Waals surface area contributed by atoms with Crippen LogP contribution >= 0.6 is 23.5 Å². The molecule has 0 aliphatic carbocycles. The van der Waals surface area contributed by atoms with Crippen molar-refractivity contribution in [3.8, 4) is 0 Å². The Hall–Kier alpha value is -0.480. The number of thioether (sulfide) groups is 2. The maximum atomic E-state index is 5.83. The number of anilines is 2. The van der Waals surface area contributed by atoms with Crippen molar-refractivity contribution in [3.05, 3.63) is 11.6 Å². The summed E-state index contributed by atoms with van der Waals surface area (Å²) in [5.74, 6) is 0. The van der Waals surface area contributed by atoms with E-state index >= 15 is 0 Å². The predicted octanol–water partition coefficient (Wildman–Crippen LogP) is 2.60. The molecule has 0 saturated carbocycles. The van der Waals surface area contributed by atoms with Crippen LogP contribution in [-0.2, 0) is 0 Å². The molecule has 13 heavy (non-hydrogen) atoms. The molecule has 0 atom stereocenters. The van der Waals surface area contributed by atoms with Crippen LogP contribution in [0.4, 0.5) is 11.4 Å². The smallest absolute Gasteiger partial charge is 0.0589 e. The third-order valence-corrected chi connectivity index (χ3v) is 3.82. The lowest BCUT2D eigenvalue weighted by Gasteiger charge is -2.12. The Balaban J connectivity index is 3.39. The van der Waals surface area contributed by atoms with Crippen molar-refractivity contribution in [3.63, 3.8) is 0 Å². The minimum absolute atomic E-state index is 0.680. The molecule has 72 valence electrons. The zero-order chi connectivity index (χ0) is 10.0. The van der Waals surface area contributed by atoms with Crippen molar-refractivity contribution in [2.24, 2.45) is 0 Å². The highest BCUT2D eigenvalue weighted by atomic mass is 32.2. The van der Waals surface area contributed by atoms with Crippen molar-refractivity contribution in [2.45, 2.75) is 16.7 Å². The fraction of sp³-hybridized carbons (Fsp3) is 0.333. The summed E-state index contributed by atoms with van der Waals surface area (Å²) in [6.45, 7) is 2.01. The second kappa shape index (κ2) is 4.15. The first-order valence-corrected chi connectivity index (χ1v) is 6.33. The molecule has 0 saturated heterocycles. The number of rotatable bonds is 2. The Morgan fingerprint density at radius 1 is 1.15 bits per heavy atom.